The van der Waals surface area contributed by atoms with Gasteiger partial charge in [-0.2, -0.15) is 13.2 Å². The highest BCUT2D eigenvalue weighted by Gasteiger charge is 2.42. The maximum atomic E-state index is 13.2. The molecule has 2 N–H and O–H groups in total. The zero-order valence-corrected chi connectivity index (χ0v) is 24.8. The van der Waals surface area contributed by atoms with Crippen molar-refractivity contribution in [2.45, 2.75) is 49.5 Å². The quantitative estimate of drug-likeness (QED) is 0.161. The first-order valence-electron chi connectivity index (χ1n) is 13.9. The van der Waals surface area contributed by atoms with Crippen LogP contribution in [0.2, 0.25) is 0 Å². The Bertz CT molecular complexity index is 1890. The van der Waals surface area contributed by atoms with Crippen molar-refractivity contribution in [1.29, 1.82) is 0 Å². The molecule has 5 rings (SSSR count). The van der Waals surface area contributed by atoms with Gasteiger partial charge in [-0.3, -0.25) is 4.72 Å². The van der Waals surface area contributed by atoms with E-state index in [0.29, 0.717) is 13.0 Å². The second-order valence-corrected chi connectivity index (χ2v) is 12.8. The molecule has 0 spiro atoms. The van der Waals surface area contributed by atoms with Crippen LogP contribution in [0.4, 0.5) is 18.9 Å². The molecular weight excluding hydrogens is 593 g/mol. The van der Waals surface area contributed by atoms with Gasteiger partial charge in [-0.1, -0.05) is 54.6 Å². The molecule has 0 aliphatic rings. The predicted molar refractivity (Wildman–Crippen MR) is 163 cm³/mol. The van der Waals surface area contributed by atoms with E-state index >= 15 is 0 Å². The fraction of sp³-hybridized carbons (Fsp3) is 0.250. The molecule has 0 radical (unpaired) electrons. The van der Waals surface area contributed by atoms with Crippen molar-refractivity contribution < 1.29 is 31.1 Å². The number of esters is 1. The summed E-state index contributed by atoms with van der Waals surface area (Å²) >= 11 is 0. The number of ether oxygens (including phenoxy) is 1. The number of nitrogens with zero attached hydrogens (tertiary/aromatic N) is 2. The lowest BCUT2D eigenvalue weighted by Crippen LogP contribution is -2.43. The van der Waals surface area contributed by atoms with Gasteiger partial charge in [-0.15, -0.1) is 0 Å². The van der Waals surface area contributed by atoms with Crippen molar-refractivity contribution in [2.75, 3.05) is 11.3 Å². The molecule has 0 saturated heterocycles. The second-order valence-electron chi connectivity index (χ2n) is 11.1. The summed E-state index contributed by atoms with van der Waals surface area (Å²) in [7, 11) is -3.96. The molecule has 8 nitrogen and oxygen atoms in total. The minimum Gasteiger partial charge on any atom is -0.449 e. The summed E-state index contributed by atoms with van der Waals surface area (Å²) in [6.45, 7) is 4.21. The van der Waals surface area contributed by atoms with Crippen LogP contribution in [-0.2, 0) is 26.1 Å². The molecule has 4 aromatic carbocycles. The number of alkyl halides is 3. The van der Waals surface area contributed by atoms with E-state index in [1.165, 1.54) is 36.4 Å². The SMILES string of the molecule is CC(C)(CCn1cnc2cc3ccccc3cc21)NCC(OC(=O)C(F)(F)F)c1cccc(NS(=O)(=O)c2ccccc2)c1. The standard InChI is InChI=1S/C32H31F3N4O4S/c1-31(2,15-16-39-21-36-27-18-22-9-6-7-10-23(22)19-28(27)39)37-20-29(43-30(40)32(33,34)35)24-11-8-12-25(17-24)38-44(41,42)26-13-4-3-5-14-26/h3-14,17-19,21,29,37-38H,15-16,20H2,1-2H3. The number of anilines is 1. The first-order chi connectivity index (χ1) is 20.8. The predicted octanol–water partition coefficient (Wildman–Crippen LogP) is 6.60. The van der Waals surface area contributed by atoms with E-state index in [1.807, 2.05) is 48.7 Å². The zero-order valence-electron chi connectivity index (χ0n) is 24.0. The number of halogens is 3. The van der Waals surface area contributed by atoms with Crippen molar-refractivity contribution in [1.82, 2.24) is 14.9 Å². The second kappa shape index (κ2) is 12.3. The molecule has 44 heavy (non-hydrogen) atoms. The maximum Gasteiger partial charge on any atom is 0.490 e. The van der Waals surface area contributed by atoms with Crippen molar-refractivity contribution in [3.05, 3.63) is 103 Å². The number of aryl methyl sites for hydroxylation is 1. The molecule has 1 unspecified atom stereocenters. The van der Waals surface area contributed by atoms with Gasteiger partial charge >= 0.3 is 12.1 Å². The van der Waals surface area contributed by atoms with Gasteiger partial charge in [0.1, 0.15) is 6.10 Å². The summed E-state index contributed by atoms with van der Waals surface area (Å²) in [5, 5.41) is 5.40. The Hall–Kier alpha value is -4.42. The fourth-order valence-electron chi connectivity index (χ4n) is 4.82. The van der Waals surface area contributed by atoms with E-state index in [0.717, 1.165) is 21.8 Å². The Morgan fingerprint density at radius 3 is 2.32 bits per heavy atom. The number of carbonyl (C=O) groups is 1. The number of rotatable bonds is 11. The van der Waals surface area contributed by atoms with Gasteiger partial charge in [0.2, 0.25) is 0 Å². The molecule has 1 aromatic heterocycles. The monoisotopic (exact) mass is 624 g/mol. The molecule has 12 heteroatoms. The lowest BCUT2D eigenvalue weighted by Gasteiger charge is -2.30. The number of carbonyl (C=O) groups excluding carboxylic acids is 1. The Labute approximate surface area is 252 Å². The van der Waals surface area contributed by atoms with Crippen LogP contribution in [0, 0.1) is 0 Å². The Morgan fingerprint density at radius 1 is 0.932 bits per heavy atom. The molecule has 5 aromatic rings. The van der Waals surface area contributed by atoms with E-state index in [2.05, 4.69) is 21.1 Å². The summed E-state index contributed by atoms with van der Waals surface area (Å²) in [6.07, 6.45) is -4.23. The van der Waals surface area contributed by atoms with Gasteiger partial charge in [0, 0.05) is 24.3 Å². The molecule has 230 valence electrons. The first kappa shape index (κ1) is 31.0. The number of hydrogen-bond acceptors (Lipinski definition) is 6. The molecule has 0 amide bonds. The van der Waals surface area contributed by atoms with Gasteiger partial charge < -0.3 is 14.6 Å². The lowest BCUT2D eigenvalue weighted by molar-refractivity contribution is -0.205. The van der Waals surface area contributed by atoms with Crippen molar-refractivity contribution in [2.24, 2.45) is 0 Å². The fourth-order valence-corrected chi connectivity index (χ4v) is 5.89. The maximum absolute atomic E-state index is 13.2. The minimum absolute atomic E-state index is 0.0210. The summed E-state index contributed by atoms with van der Waals surface area (Å²) in [6, 6.07) is 25.5. The van der Waals surface area contributed by atoms with Crippen molar-refractivity contribution in [3.8, 4) is 0 Å². The summed E-state index contributed by atoms with van der Waals surface area (Å²) in [4.78, 5) is 16.4. The van der Waals surface area contributed by atoms with Crippen LogP contribution in [-0.4, -0.2) is 42.2 Å². The molecule has 0 aliphatic carbocycles. The highest BCUT2D eigenvalue weighted by Crippen LogP contribution is 2.28. The van der Waals surface area contributed by atoms with Gasteiger partial charge in [-0.05, 0) is 73.0 Å². The van der Waals surface area contributed by atoms with Crippen LogP contribution in [0.15, 0.2) is 102 Å². The van der Waals surface area contributed by atoms with E-state index in [1.54, 1.807) is 24.5 Å². The molecular formula is C32H31F3N4O4S. The largest absolute Gasteiger partial charge is 0.490 e. The zero-order chi connectivity index (χ0) is 31.5. The van der Waals surface area contributed by atoms with E-state index in [4.69, 9.17) is 4.74 Å². The summed E-state index contributed by atoms with van der Waals surface area (Å²) in [5.74, 6) is -2.34. The van der Waals surface area contributed by atoms with Gasteiger partial charge in [0.25, 0.3) is 10.0 Å². The van der Waals surface area contributed by atoms with E-state index < -0.39 is 33.8 Å². The van der Waals surface area contributed by atoms with Crippen LogP contribution in [0.25, 0.3) is 21.8 Å². The van der Waals surface area contributed by atoms with E-state index in [9.17, 15) is 26.4 Å². The summed E-state index contributed by atoms with van der Waals surface area (Å²) < 4.78 is 74.5. The number of nitrogens with one attached hydrogen (secondary N) is 2. The number of fused-ring (bicyclic) bond motifs is 2. The number of benzene rings is 4. The average Bonchev–Trinajstić information content (AvgIpc) is 3.38. The Balaban J connectivity index is 1.31. The Morgan fingerprint density at radius 2 is 1.61 bits per heavy atom. The number of aromatic nitrogens is 2. The molecule has 1 atom stereocenters. The van der Waals surface area contributed by atoms with Crippen LogP contribution < -0.4 is 10.0 Å². The van der Waals surface area contributed by atoms with Crippen LogP contribution in [0.1, 0.15) is 31.9 Å². The van der Waals surface area contributed by atoms with Crippen LogP contribution >= 0.6 is 0 Å². The lowest BCUT2D eigenvalue weighted by atomic mass is 9.99. The minimum atomic E-state index is -5.20. The average molecular weight is 625 g/mol. The number of sulfonamides is 1. The molecule has 0 fully saturated rings. The topological polar surface area (TPSA) is 102 Å². The normalized spacial score (nSPS) is 13.2. The Kier molecular flexibility index (Phi) is 8.66. The highest BCUT2D eigenvalue weighted by molar-refractivity contribution is 7.92. The molecule has 0 aliphatic heterocycles. The first-order valence-corrected chi connectivity index (χ1v) is 15.3. The highest BCUT2D eigenvalue weighted by atomic mass is 32.2. The molecule has 1 heterocycles. The van der Waals surface area contributed by atoms with E-state index in [-0.39, 0.29) is 22.7 Å². The molecule has 0 saturated carbocycles. The van der Waals surface area contributed by atoms with Crippen molar-refractivity contribution in [3.63, 3.8) is 0 Å². The number of hydrogen-bond donors (Lipinski definition) is 2. The number of imidazole rings is 1. The van der Waals surface area contributed by atoms with Crippen LogP contribution in [0.3, 0.4) is 0 Å². The summed E-state index contributed by atoms with van der Waals surface area (Å²) in [5.41, 5.74) is 1.52. The van der Waals surface area contributed by atoms with Gasteiger partial charge in [-0.25, -0.2) is 18.2 Å². The smallest absolute Gasteiger partial charge is 0.449 e. The van der Waals surface area contributed by atoms with Gasteiger partial charge in [0.05, 0.1) is 22.3 Å². The third kappa shape index (κ3) is 7.37. The van der Waals surface area contributed by atoms with Gasteiger partial charge in [0.15, 0.2) is 0 Å². The van der Waals surface area contributed by atoms with Crippen LogP contribution in [0.5, 0.6) is 0 Å². The third-order valence-corrected chi connectivity index (χ3v) is 8.67. The van der Waals surface area contributed by atoms with Crippen molar-refractivity contribution >= 4 is 43.5 Å². The third-order valence-electron chi connectivity index (χ3n) is 7.28. The molecule has 0 bridgehead atoms.